The van der Waals surface area contributed by atoms with Gasteiger partial charge in [0.25, 0.3) is 5.91 Å². The van der Waals surface area contributed by atoms with E-state index in [-0.39, 0.29) is 18.2 Å². The van der Waals surface area contributed by atoms with Crippen molar-refractivity contribution in [1.82, 2.24) is 9.80 Å². The number of imide groups is 1. The molecule has 0 unspecified atom stereocenters. The van der Waals surface area contributed by atoms with E-state index >= 15 is 0 Å². The first-order valence-electron chi connectivity index (χ1n) is 14.8. The van der Waals surface area contributed by atoms with Crippen molar-refractivity contribution in [2.24, 2.45) is 0 Å². The molecule has 0 saturated carbocycles. The Kier molecular flexibility index (Phi) is 8.01. The van der Waals surface area contributed by atoms with Crippen molar-refractivity contribution in [3.63, 3.8) is 0 Å². The van der Waals surface area contributed by atoms with Crippen molar-refractivity contribution in [1.29, 1.82) is 0 Å². The summed E-state index contributed by atoms with van der Waals surface area (Å²) in [7, 11) is 1.54. The van der Waals surface area contributed by atoms with Crippen LogP contribution in [0.15, 0.2) is 97.1 Å². The normalized spacial score (nSPS) is 16.5. The third-order valence-electron chi connectivity index (χ3n) is 8.78. The summed E-state index contributed by atoms with van der Waals surface area (Å²) in [4.78, 5) is 45.0. The topological polar surface area (TPSA) is 70.2 Å². The number of nitrogens with zero attached hydrogens (tertiary/aromatic N) is 3. The number of Topliss-reactive ketones (excluding diaryl/α,β-unsaturated/α-hetero) is 1. The summed E-state index contributed by atoms with van der Waals surface area (Å²) in [5.74, 6) is -0.120. The van der Waals surface area contributed by atoms with Crippen LogP contribution in [0.4, 0.5) is 14.9 Å². The lowest BCUT2D eigenvalue weighted by Crippen LogP contribution is -2.56. The largest absolute Gasteiger partial charge is 0.497 e. The second-order valence-corrected chi connectivity index (χ2v) is 11.4. The van der Waals surface area contributed by atoms with E-state index in [9.17, 15) is 18.8 Å². The number of benzene rings is 4. The molecule has 6 rings (SSSR count). The molecule has 2 heterocycles. The van der Waals surface area contributed by atoms with Crippen LogP contribution in [-0.4, -0.2) is 53.3 Å². The first-order valence-corrected chi connectivity index (χ1v) is 14.8. The van der Waals surface area contributed by atoms with Gasteiger partial charge in [-0.15, -0.1) is 0 Å². The van der Waals surface area contributed by atoms with E-state index in [0.29, 0.717) is 55.0 Å². The van der Waals surface area contributed by atoms with E-state index < -0.39 is 17.4 Å². The average molecular weight is 592 g/mol. The fraction of sp³-hybridized carbons (Fsp3) is 0.250. The maximum absolute atomic E-state index is 14.8. The number of ketones is 1. The molecule has 2 saturated heterocycles. The summed E-state index contributed by atoms with van der Waals surface area (Å²) >= 11 is 0. The molecule has 7 nitrogen and oxygen atoms in total. The van der Waals surface area contributed by atoms with Gasteiger partial charge in [0.15, 0.2) is 5.78 Å². The number of rotatable bonds is 8. The van der Waals surface area contributed by atoms with Crippen LogP contribution in [0.1, 0.15) is 41.3 Å². The molecule has 0 aliphatic carbocycles. The Morgan fingerprint density at radius 2 is 1.57 bits per heavy atom. The van der Waals surface area contributed by atoms with Gasteiger partial charge in [-0.25, -0.2) is 14.1 Å². The zero-order valence-corrected chi connectivity index (χ0v) is 24.8. The fourth-order valence-corrected chi connectivity index (χ4v) is 6.25. The van der Waals surface area contributed by atoms with Gasteiger partial charge in [0.1, 0.15) is 17.1 Å². The van der Waals surface area contributed by atoms with E-state index in [1.54, 1.807) is 54.3 Å². The Labute approximate surface area is 256 Å². The van der Waals surface area contributed by atoms with Gasteiger partial charge in [0.2, 0.25) is 0 Å². The summed E-state index contributed by atoms with van der Waals surface area (Å²) in [5, 5.41) is 0. The standard InChI is InChI=1S/C36H34FN3O4/c1-25(41)28-8-5-9-29(21-28)27-15-13-26(14-16-27)23-38-19-17-36(18-20-38)34(42)40(31-10-6-11-32(22-31)44-2)35(43)39(36)24-30-7-3-4-12-33(30)37/h3-16,21-22H,17-20,23-24H2,1-2H3. The zero-order chi connectivity index (χ0) is 30.8. The number of carbonyl (C=O) groups excluding carboxylic acids is 3. The van der Waals surface area contributed by atoms with Crippen molar-refractivity contribution in [2.75, 3.05) is 25.1 Å². The predicted molar refractivity (Wildman–Crippen MR) is 167 cm³/mol. The third kappa shape index (κ3) is 5.49. The summed E-state index contributed by atoms with van der Waals surface area (Å²) < 4.78 is 20.1. The van der Waals surface area contributed by atoms with E-state index in [4.69, 9.17) is 4.74 Å². The second kappa shape index (κ2) is 12.1. The van der Waals surface area contributed by atoms with Crippen molar-refractivity contribution in [3.05, 3.63) is 120 Å². The summed E-state index contributed by atoms with van der Waals surface area (Å²) in [6.07, 6.45) is 0.866. The summed E-state index contributed by atoms with van der Waals surface area (Å²) in [5.41, 5.74) is 3.56. The van der Waals surface area contributed by atoms with Crippen LogP contribution in [0.5, 0.6) is 5.75 Å². The fourth-order valence-electron chi connectivity index (χ4n) is 6.25. The molecule has 0 N–H and O–H groups in total. The number of urea groups is 1. The van der Waals surface area contributed by atoms with Crippen LogP contribution >= 0.6 is 0 Å². The van der Waals surface area contributed by atoms with E-state index in [1.807, 2.05) is 24.3 Å². The first kappa shape index (κ1) is 29.3. The Morgan fingerprint density at radius 1 is 0.841 bits per heavy atom. The van der Waals surface area contributed by atoms with E-state index in [2.05, 4.69) is 29.2 Å². The summed E-state index contributed by atoms with van der Waals surface area (Å²) in [6, 6.07) is 28.7. The summed E-state index contributed by atoms with van der Waals surface area (Å²) in [6.45, 7) is 3.46. The lowest BCUT2D eigenvalue weighted by Gasteiger charge is -2.42. The molecule has 4 aromatic carbocycles. The molecule has 3 amide bonds. The Bertz CT molecular complexity index is 1710. The SMILES string of the molecule is COc1cccc(N2C(=O)N(Cc3ccccc3F)C3(CCN(Cc4ccc(-c5cccc(C(C)=O)c5)cc4)CC3)C2=O)c1. The number of piperidine rings is 1. The minimum atomic E-state index is -1.08. The highest BCUT2D eigenvalue weighted by Gasteiger charge is 2.58. The van der Waals surface area contributed by atoms with E-state index in [0.717, 1.165) is 16.7 Å². The van der Waals surface area contributed by atoms with Crippen molar-refractivity contribution < 1.29 is 23.5 Å². The number of methoxy groups -OCH3 is 1. The zero-order valence-electron chi connectivity index (χ0n) is 24.8. The molecular weight excluding hydrogens is 557 g/mol. The second-order valence-electron chi connectivity index (χ2n) is 11.4. The molecule has 0 aromatic heterocycles. The molecule has 8 heteroatoms. The first-order chi connectivity index (χ1) is 21.3. The molecular formula is C36H34FN3O4. The van der Waals surface area contributed by atoms with Crippen LogP contribution < -0.4 is 9.64 Å². The van der Waals surface area contributed by atoms with Gasteiger partial charge in [-0.3, -0.25) is 14.5 Å². The predicted octanol–water partition coefficient (Wildman–Crippen LogP) is 6.71. The lowest BCUT2D eigenvalue weighted by atomic mass is 9.85. The van der Waals surface area contributed by atoms with Crippen molar-refractivity contribution in [2.45, 2.75) is 38.4 Å². The Balaban J connectivity index is 1.21. The van der Waals surface area contributed by atoms with Gasteiger partial charge in [0.05, 0.1) is 19.3 Å². The molecule has 4 aromatic rings. The van der Waals surface area contributed by atoms with Gasteiger partial charge in [-0.2, -0.15) is 0 Å². The van der Waals surface area contributed by atoms with Crippen LogP contribution in [0, 0.1) is 5.82 Å². The minimum absolute atomic E-state index is 0.00397. The van der Waals surface area contributed by atoms with Gasteiger partial charge in [-0.1, -0.05) is 66.7 Å². The molecule has 1 spiro atoms. The molecule has 0 atom stereocenters. The van der Waals surface area contributed by atoms with Crippen LogP contribution in [0.2, 0.25) is 0 Å². The third-order valence-corrected chi connectivity index (χ3v) is 8.78. The smallest absolute Gasteiger partial charge is 0.332 e. The lowest BCUT2D eigenvalue weighted by molar-refractivity contribution is -0.127. The monoisotopic (exact) mass is 591 g/mol. The van der Waals surface area contributed by atoms with Crippen LogP contribution in [0.25, 0.3) is 11.1 Å². The Hall–Kier alpha value is -4.82. The minimum Gasteiger partial charge on any atom is -0.497 e. The maximum atomic E-state index is 14.8. The average Bonchev–Trinajstić information content (AvgIpc) is 3.24. The number of halogens is 1. The number of anilines is 1. The molecule has 2 aliphatic rings. The number of hydrogen-bond donors (Lipinski definition) is 0. The maximum Gasteiger partial charge on any atom is 0.332 e. The highest BCUT2D eigenvalue weighted by Crippen LogP contribution is 2.41. The number of likely N-dealkylation sites (tertiary alicyclic amines) is 1. The molecule has 44 heavy (non-hydrogen) atoms. The van der Waals surface area contributed by atoms with Crippen molar-refractivity contribution >= 4 is 23.4 Å². The molecule has 0 bridgehead atoms. The molecule has 0 radical (unpaired) electrons. The number of carbonyl (C=O) groups is 3. The molecule has 224 valence electrons. The van der Waals surface area contributed by atoms with Crippen molar-refractivity contribution in [3.8, 4) is 16.9 Å². The van der Waals surface area contributed by atoms with Gasteiger partial charge in [0, 0.05) is 36.8 Å². The Morgan fingerprint density at radius 3 is 2.27 bits per heavy atom. The molecule has 2 aliphatic heterocycles. The van der Waals surface area contributed by atoms with Gasteiger partial charge < -0.3 is 9.64 Å². The van der Waals surface area contributed by atoms with E-state index in [1.165, 1.54) is 18.1 Å². The van der Waals surface area contributed by atoms with Gasteiger partial charge in [-0.05, 0) is 60.7 Å². The number of hydrogen-bond acceptors (Lipinski definition) is 5. The van der Waals surface area contributed by atoms with Gasteiger partial charge >= 0.3 is 6.03 Å². The van der Waals surface area contributed by atoms with Crippen LogP contribution in [0.3, 0.4) is 0 Å². The molecule has 2 fully saturated rings. The quantitative estimate of drug-likeness (QED) is 0.168. The highest BCUT2D eigenvalue weighted by atomic mass is 19.1. The number of ether oxygens (including phenoxy) is 1. The van der Waals surface area contributed by atoms with Crippen LogP contribution in [-0.2, 0) is 17.9 Å². The highest BCUT2D eigenvalue weighted by molar-refractivity contribution is 6.23. The number of amides is 3.